The van der Waals surface area contributed by atoms with Crippen molar-refractivity contribution in [3.8, 4) is 5.75 Å². The molecule has 2 aromatic rings. The number of carbonyl (C=O) groups is 1. The van der Waals surface area contributed by atoms with E-state index >= 15 is 0 Å². The molecule has 0 aliphatic carbocycles. The van der Waals surface area contributed by atoms with Gasteiger partial charge in [0, 0.05) is 24.7 Å². The zero-order chi connectivity index (χ0) is 19.3. The van der Waals surface area contributed by atoms with Crippen LogP contribution in [0.4, 0.5) is 4.79 Å². The number of para-hydroxylation sites is 1. The third-order valence-electron chi connectivity index (χ3n) is 4.49. The first-order chi connectivity index (χ1) is 12.3. The Morgan fingerprint density at radius 1 is 1.27 bits per heavy atom. The van der Waals surface area contributed by atoms with E-state index in [1.165, 1.54) is 0 Å². The van der Waals surface area contributed by atoms with Crippen molar-refractivity contribution in [2.24, 2.45) is 0 Å². The molecule has 1 N–H and O–H groups in total. The summed E-state index contributed by atoms with van der Waals surface area (Å²) in [6.45, 7) is 4.65. The molecule has 0 aliphatic heterocycles. The molecule has 1 aromatic heterocycles. The van der Waals surface area contributed by atoms with Crippen molar-refractivity contribution < 1.29 is 14.1 Å². The summed E-state index contributed by atoms with van der Waals surface area (Å²) < 4.78 is 10.6. The normalized spacial score (nSPS) is 12.1. The highest BCUT2D eigenvalue weighted by Crippen LogP contribution is 2.27. The number of hydrogen-bond acceptors (Lipinski definition) is 5. The Bertz CT molecular complexity index is 723. The van der Waals surface area contributed by atoms with E-state index in [1.54, 1.807) is 19.1 Å². The number of carbonyl (C=O) groups excluding carboxylic acids is 1. The molecule has 0 radical (unpaired) electrons. The van der Waals surface area contributed by atoms with Crippen LogP contribution in [0.5, 0.6) is 5.75 Å². The fourth-order valence-electron chi connectivity index (χ4n) is 2.87. The average molecular weight is 360 g/mol. The van der Waals surface area contributed by atoms with Gasteiger partial charge in [0.15, 0.2) is 0 Å². The number of hydrogen-bond donors (Lipinski definition) is 1. The van der Waals surface area contributed by atoms with Crippen LogP contribution < -0.4 is 10.1 Å². The summed E-state index contributed by atoms with van der Waals surface area (Å²) in [6.07, 6.45) is 0. The van der Waals surface area contributed by atoms with Crippen LogP contribution in [0.15, 0.2) is 28.8 Å². The number of ether oxygens (including phenoxy) is 1. The lowest BCUT2D eigenvalue weighted by atomic mass is 10.0. The lowest BCUT2D eigenvalue weighted by Crippen LogP contribution is -2.41. The smallest absolute Gasteiger partial charge is 0.317 e. The minimum atomic E-state index is -0.147. The van der Waals surface area contributed by atoms with Gasteiger partial charge in [0.25, 0.3) is 0 Å². The first kappa shape index (κ1) is 19.8. The summed E-state index contributed by atoms with van der Waals surface area (Å²) in [5, 5.41) is 6.93. The van der Waals surface area contributed by atoms with Gasteiger partial charge in [-0.2, -0.15) is 0 Å². The van der Waals surface area contributed by atoms with Crippen molar-refractivity contribution in [1.29, 1.82) is 0 Å². The van der Waals surface area contributed by atoms with Crippen LogP contribution in [0, 0.1) is 13.8 Å². The minimum Gasteiger partial charge on any atom is -0.496 e. The highest BCUT2D eigenvalue weighted by Gasteiger charge is 2.21. The Kier molecular flexibility index (Phi) is 6.63. The van der Waals surface area contributed by atoms with Gasteiger partial charge in [-0.15, -0.1) is 0 Å². The summed E-state index contributed by atoms with van der Waals surface area (Å²) in [5.74, 6) is 1.55. The lowest BCUT2D eigenvalue weighted by Gasteiger charge is -2.27. The fraction of sp³-hybridized carbons (Fsp3) is 0.474. The molecular formula is C19H28N4O3. The topological polar surface area (TPSA) is 70.8 Å². The van der Waals surface area contributed by atoms with Gasteiger partial charge >= 0.3 is 6.03 Å². The van der Waals surface area contributed by atoms with E-state index in [2.05, 4.69) is 15.4 Å². The number of methoxy groups -OCH3 is 1. The molecule has 142 valence electrons. The van der Waals surface area contributed by atoms with Crippen molar-refractivity contribution in [2.75, 3.05) is 34.8 Å². The van der Waals surface area contributed by atoms with Gasteiger partial charge in [0.2, 0.25) is 0 Å². The fourth-order valence-corrected chi connectivity index (χ4v) is 2.87. The Labute approximate surface area is 154 Å². The van der Waals surface area contributed by atoms with Gasteiger partial charge in [-0.25, -0.2) is 4.79 Å². The monoisotopic (exact) mass is 360 g/mol. The van der Waals surface area contributed by atoms with Gasteiger partial charge in [-0.05, 0) is 34.0 Å². The number of aryl methyl sites for hydroxylation is 2. The van der Waals surface area contributed by atoms with Crippen LogP contribution in [0.25, 0.3) is 0 Å². The first-order valence-corrected chi connectivity index (χ1v) is 8.55. The van der Waals surface area contributed by atoms with Gasteiger partial charge in [0.05, 0.1) is 25.4 Å². The van der Waals surface area contributed by atoms with Crippen LogP contribution in [0.2, 0.25) is 0 Å². The van der Waals surface area contributed by atoms with Crippen molar-refractivity contribution >= 4 is 6.03 Å². The number of amides is 2. The molecule has 26 heavy (non-hydrogen) atoms. The maximum Gasteiger partial charge on any atom is 0.317 e. The number of urea groups is 1. The number of nitrogens with one attached hydrogen (secondary N) is 1. The Hall–Kier alpha value is -2.54. The van der Waals surface area contributed by atoms with Crippen LogP contribution in [-0.4, -0.2) is 55.8 Å². The molecule has 2 rings (SSSR count). The van der Waals surface area contributed by atoms with E-state index in [9.17, 15) is 4.79 Å². The Morgan fingerprint density at radius 3 is 2.54 bits per heavy atom. The van der Waals surface area contributed by atoms with Crippen molar-refractivity contribution in [3.05, 3.63) is 46.8 Å². The molecule has 0 fully saturated rings. The predicted molar refractivity (Wildman–Crippen MR) is 100 cm³/mol. The predicted octanol–water partition coefficient (Wildman–Crippen LogP) is 2.74. The molecule has 0 bridgehead atoms. The maximum atomic E-state index is 12.5. The molecule has 0 spiro atoms. The lowest BCUT2D eigenvalue weighted by molar-refractivity contribution is 0.200. The molecule has 0 saturated carbocycles. The highest BCUT2D eigenvalue weighted by atomic mass is 16.5. The second-order valence-electron chi connectivity index (χ2n) is 6.57. The first-order valence-electron chi connectivity index (χ1n) is 8.55. The number of benzene rings is 1. The second-order valence-corrected chi connectivity index (χ2v) is 6.57. The Balaban J connectivity index is 2.03. The molecular weight excluding hydrogens is 332 g/mol. The van der Waals surface area contributed by atoms with Crippen LogP contribution in [-0.2, 0) is 6.54 Å². The SMILES string of the molecule is COc1ccccc1C(CNC(=O)N(C)Cc1c(C)noc1C)N(C)C. The van der Waals surface area contributed by atoms with E-state index in [4.69, 9.17) is 9.26 Å². The van der Waals surface area contributed by atoms with Crippen LogP contribution in [0.3, 0.4) is 0 Å². The zero-order valence-corrected chi connectivity index (χ0v) is 16.4. The number of rotatable bonds is 7. The standard InChI is InChI=1S/C19H28N4O3/c1-13-16(14(2)26-21-13)12-23(5)19(24)20-11-17(22(3)4)15-9-7-8-10-18(15)25-6/h7-10,17H,11-12H2,1-6H3,(H,20,24). The molecule has 7 nitrogen and oxygen atoms in total. The van der Waals surface area contributed by atoms with Gasteiger partial charge in [-0.1, -0.05) is 23.4 Å². The van der Waals surface area contributed by atoms with E-state index < -0.39 is 0 Å². The quantitative estimate of drug-likeness (QED) is 0.822. The van der Waals surface area contributed by atoms with Gasteiger partial charge in [0.1, 0.15) is 11.5 Å². The molecule has 1 heterocycles. The summed E-state index contributed by atoms with van der Waals surface area (Å²) in [5.41, 5.74) is 2.78. The van der Waals surface area contributed by atoms with E-state index in [0.29, 0.717) is 13.1 Å². The molecule has 1 atom stereocenters. The van der Waals surface area contributed by atoms with Gasteiger partial charge in [-0.3, -0.25) is 0 Å². The maximum absolute atomic E-state index is 12.5. The molecule has 1 unspecified atom stereocenters. The third-order valence-corrected chi connectivity index (χ3v) is 4.49. The molecule has 7 heteroatoms. The largest absolute Gasteiger partial charge is 0.496 e. The van der Waals surface area contributed by atoms with Crippen molar-refractivity contribution in [1.82, 2.24) is 20.3 Å². The number of aromatic nitrogens is 1. The highest BCUT2D eigenvalue weighted by molar-refractivity contribution is 5.74. The second kappa shape index (κ2) is 8.71. The van der Waals surface area contributed by atoms with Crippen molar-refractivity contribution in [2.45, 2.75) is 26.4 Å². The average Bonchev–Trinajstić information content (AvgIpc) is 2.93. The number of likely N-dealkylation sites (N-methyl/N-ethyl adjacent to an activating group) is 1. The third kappa shape index (κ3) is 4.54. The molecule has 0 saturated heterocycles. The summed E-state index contributed by atoms with van der Waals surface area (Å²) >= 11 is 0. The number of nitrogens with zero attached hydrogens (tertiary/aromatic N) is 3. The zero-order valence-electron chi connectivity index (χ0n) is 16.4. The van der Waals surface area contributed by atoms with E-state index in [1.807, 2.05) is 52.2 Å². The van der Waals surface area contributed by atoms with Crippen molar-refractivity contribution in [3.63, 3.8) is 0 Å². The van der Waals surface area contributed by atoms with E-state index in [0.717, 1.165) is 28.3 Å². The molecule has 1 aromatic carbocycles. The Morgan fingerprint density at radius 2 is 1.96 bits per heavy atom. The summed E-state index contributed by atoms with van der Waals surface area (Å²) in [6, 6.07) is 7.71. The minimum absolute atomic E-state index is 0.00237. The summed E-state index contributed by atoms with van der Waals surface area (Å²) in [7, 11) is 7.38. The van der Waals surface area contributed by atoms with Crippen LogP contribution in [0.1, 0.15) is 28.6 Å². The molecule has 2 amide bonds. The van der Waals surface area contributed by atoms with Crippen LogP contribution >= 0.6 is 0 Å². The molecule has 0 aliphatic rings. The van der Waals surface area contributed by atoms with Gasteiger partial charge < -0.3 is 24.4 Å². The summed E-state index contributed by atoms with van der Waals surface area (Å²) in [4.78, 5) is 16.2. The van der Waals surface area contributed by atoms with E-state index in [-0.39, 0.29) is 12.1 Å².